The zero-order chi connectivity index (χ0) is 17.3. The van der Waals surface area contributed by atoms with Crippen molar-refractivity contribution in [3.05, 3.63) is 59.0 Å². The van der Waals surface area contributed by atoms with Crippen LogP contribution in [0, 0.1) is 12.8 Å². The van der Waals surface area contributed by atoms with Gasteiger partial charge in [-0.25, -0.2) is 0 Å². The first-order chi connectivity index (χ1) is 11.5. The minimum Gasteiger partial charge on any atom is -0.481 e. The first kappa shape index (κ1) is 16.3. The van der Waals surface area contributed by atoms with E-state index in [1.54, 1.807) is 11.0 Å². The molecule has 24 heavy (non-hydrogen) atoms. The van der Waals surface area contributed by atoms with Gasteiger partial charge in [0.05, 0.1) is 5.92 Å². The molecule has 0 spiro atoms. The molecular weight excluding hydrogens is 306 g/mol. The van der Waals surface area contributed by atoms with Crippen molar-refractivity contribution in [1.29, 1.82) is 0 Å². The summed E-state index contributed by atoms with van der Waals surface area (Å²) in [4.78, 5) is 25.9. The summed E-state index contributed by atoms with van der Waals surface area (Å²) in [6, 6.07) is 11.3. The van der Waals surface area contributed by atoms with Crippen LogP contribution in [0.5, 0.6) is 0 Å². The average Bonchev–Trinajstić information content (AvgIpc) is 3.19. The van der Waals surface area contributed by atoms with E-state index in [2.05, 4.69) is 0 Å². The Morgan fingerprint density at radius 1 is 1.25 bits per heavy atom. The lowest BCUT2D eigenvalue weighted by atomic mass is 9.89. The van der Waals surface area contributed by atoms with Crippen LogP contribution >= 0.6 is 0 Å². The maximum atomic E-state index is 12.7. The summed E-state index contributed by atoms with van der Waals surface area (Å²) in [5.41, 5.74) is 1.90. The Hall–Kier alpha value is -2.56. The number of rotatable bonds is 4. The van der Waals surface area contributed by atoms with E-state index in [-0.39, 0.29) is 18.4 Å². The van der Waals surface area contributed by atoms with Crippen LogP contribution in [0.4, 0.5) is 0 Å². The van der Waals surface area contributed by atoms with E-state index >= 15 is 0 Å². The van der Waals surface area contributed by atoms with Crippen molar-refractivity contribution in [1.82, 2.24) is 4.90 Å². The van der Waals surface area contributed by atoms with Crippen LogP contribution in [0.25, 0.3) is 0 Å². The standard InChI is InChI=1S/C19H21NO4/c1-3-16-12(2)9-17(24-16)18(21)20-10-14(15(11-20)19(22)23)13-7-5-4-6-8-13/h4-9,14-15H,3,10-11H2,1-2H3,(H,22,23). The SMILES string of the molecule is CCc1oc(C(=O)N2CC(C(=O)O)C(c3ccccc3)C2)cc1C. The maximum absolute atomic E-state index is 12.7. The summed E-state index contributed by atoms with van der Waals surface area (Å²) in [7, 11) is 0. The number of carboxylic acids is 1. The largest absolute Gasteiger partial charge is 0.481 e. The van der Waals surface area contributed by atoms with Crippen molar-refractivity contribution in [2.45, 2.75) is 26.2 Å². The van der Waals surface area contributed by atoms with Crippen molar-refractivity contribution < 1.29 is 19.1 Å². The third kappa shape index (κ3) is 2.94. The van der Waals surface area contributed by atoms with E-state index in [0.29, 0.717) is 12.3 Å². The molecule has 2 aromatic rings. The third-order valence-electron chi connectivity index (χ3n) is 4.70. The van der Waals surface area contributed by atoms with Gasteiger partial charge in [-0.3, -0.25) is 9.59 Å². The second kappa shape index (κ2) is 6.51. The number of furan rings is 1. The van der Waals surface area contributed by atoms with Crippen molar-refractivity contribution in [3.63, 3.8) is 0 Å². The number of hydrogen-bond donors (Lipinski definition) is 1. The van der Waals surface area contributed by atoms with Gasteiger partial charge in [-0.05, 0) is 24.1 Å². The van der Waals surface area contributed by atoms with Gasteiger partial charge in [0.15, 0.2) is 5.76 Å². The quantitative estimate of drug-likeness (QED) is 0.937. The van der Waals surface area contributed by atoms with Gasteiger partial charge < -0.3 is 14.4 Å². The maximum Gasteiger partial charge on any atom is 0.308 e. The smallest absolute Gasteiger partial charge is 0.308 e. The molecule has 5 heteroatoms. The molecule has 2 atom stereocenters. The fraction of sp³-hybridized carbons (Fsp3) is 0.368. The van der Waals surface area contributed by atoms with Crippen LogP contribution < -0.4 is 0 Å². The Labute approximate surface area is 140 Å². The number of benzene rings is 1. The Balaban J connectivity index is 1.84. The van der Waals surface area contributed by atoms with Crippen LogP contribution in [-0.2, 0) is 11.2 Å². The molecule has 1 fully saturated rings. The minimum absolute atomic E-state index is 0.200. The highest BCUT2D eigenvalue weighted by Crippen LogP contribution is 2.34. The molecule has 1 aromatic carbocycles. The molecule has 1 aliphatic rings. The summed E-state index contributed by atoms with van der Waals surface area (Å²) in [6.07, 6.45) is 0.726. The number of carbonyl (C=O) groups excluding carboxylic acids is 1. The van der Waals surface area contributed by atoms with Crippen molar-refractivity contribution in [2.24, 2.45) is 5.92 Å². The lowest BCUT2D eigenvalue weighted by Crippen LogP contribution is -2.29. The second-order valence-electron chi connectivity index (χ2n) is 6.24. The molecule has 1 amide bonds. The van der Waals surface area contributed by atoms with E-state index in [0.717, 1.165) is 23.3 Å². The van der Waals surface area contributed by atoms with Crippen LogP contribution in [0.1, 0.15) is 40.3 Å². The number of hydrogen-bond acceptors (Lipinski definition) is 3. The van der Waals surface area contributed by atoms with Crippen molar-refractivity contribution >= 4 is 11.9 Å². The van der Waals surface area contributed by atoms with Gasteiger partial charge in [-0.2, -0.15) is 0 Å². The first-order valence-electron chi connectivity index (χ1n) is 8.17. The fourth-order valence-corrected chi connectivity index (χ4v) is 3.39. The Kier molecular flexibility index (Phi) is 4.42. The first-order valence-corrected chi connectivity index (χ1v) is 8.17. The van der Waals surface area contributed by atoms with Crippen molar-refractivity contribution in [2.75, 3.05) is 13.1 Å². The van der Waals surface area contributed by atoms with Crippen LogP contribution in [0.15, 0.2) is 40.8 Å². The molecule has 1 aromatic heterocycles. The summed E-state index contributed by atoms with van der Waals surface area (Å²) in [5, 5.41) is 9.54. The summed E-state index contributed by atoms with van der Waals surface area (Å²) >= 11 is 0. The van der Waals surface area contributed by atoms with Crippen LogP contribution in [0.2, 0.25) is 0 Å². The number of nitrogens with zero attached hydrogens (tertiary/aromatic N) is 1. The lowest BCUT2D eigenvalue weighted by Gasteiger charge is -2.15. The molecule has 3 rings (SSSR count). The summed E-state index contributed by atoms with van der Waals surface area (Å²) in [5.74, 6) is -0.812. The van der Waals surface area contributed by atoms with Gasteiger partial charge in [0.2, 0.25) is 0 Å². The Morgan fingerprint density at radius 2 is 1.96 bits per heavy atom. The summed E-state index contributed by atoms with van der Waals surface area (Å²) in [6.45, 7) is 4.48. The van der Waals surface area contributed by atoms with Gasteiger partial charge in [-0.1, -0.05) is 37.3 Å². The Bertz CT molecular complexity index is 750. The molecule has 1 N–H and O–H groups in total. The number of likely N-dealkylation sites (tertiary alicyclic amines) is 1. The summed E-state index contributed by atoms with van der Waals surface area (Å²) < 4.78 is 5.64. The molecule has 0 aliphatic carbocycles. The number of amides is 1. The zero-order valence-electron chi connectivity index (χ0n) is 13.9. The van der Waals surface area contributed by atoms with E-state index in [4.69, 9.17) is 4.42 Å². The molecule has 5 nitrogen and oxygen atoms in total. The molecule has 1 saturated heterocycles. The number of carbonyl (C=O) groups is 2. The molecule has 2 heterocycles. The number of aliphatic carboxylic acids is 1. The van der Waals surface area contributed by atoms with E-state index < -0.39 is 11.9 Å². The highest BCUT2D eigenvalue weighted by Gasteiger charge is 2.41. The highest BCUT2D eigenvalue weighted by atomic mass is 16.4. The molecule has 126 valence electrons. The third-order valence-corrected chi connectivity index (χ3v) is 4.70. The predicted molar refractivity (Wildman–Crippen MR) is 89.0 cm³/mol. The number of carboxylic acid groups (broad SMARTS) is 1. The topological polar surface area (TPSA) is 70.8 Å². The molecule has 2 unspecified atom stereocenters. The number of aryl methyl sites for hydroxylation is 2. The molecule has 0 saturated carbocycles. The van der Waals surface area contributed by atoms with Gasteiger partial charge in [0, 0.05) is 25.4 Å². The average molecular weight is 327 g/mol. The Morgan fingerprint density at radius 3 is 2.54 bits per heavy atom. The predicted octanol–water partition coefficient (Wildman–Crippen LogP) is 3.09. The van der Waals surface area contributed by atoms with Gasteiger partial charge in [0.1, 0.15) is 5.76 Å². The molecule has 1 aliphatic heterocycles. The normalized spacial score (nSPS) is 20.3. The molecule has 0 bridgehead atoms. The lowest BCUT2D eigenvalue weighted by molar-refractivity contribution is -0.141. The van der Waals surface area contributed by atoms with E-state index in [9.17, 15) is 14.7 Å². The second-order valence-corrected chi connectivity index (χ2v) is 6.24. The molecular formula is C19H21NO4. The van der Waals surface area contributed by atoms with Gasteiger partial charge >= 0.3 is 5.97 Å². The minimum atomic E-state index is -0.871. The highest BCUT2D eigenvalue weighted by molar-refractivity contribution is 5.92. The van der Waals surface area contributed by atoms with Crippen molar-refractivity contribution in [3.8, 4) is 0 Å². The fourth-order valence-electron chi connectivity index (χ4n) is 3.39. The van der Waals surface area contributed by atoms with Crippen LogP contribution in [-0.4, -0.2) is 35.0 Å². The molecule has 0 radical (unpaired) electrons. The van der Waals surface area contributed by atoms with Crippen LogP contribution in [0.3, 0.4) is 0 Å². The monoisotopic (exact) mass is 327 g/mol. The van der Waals surface area contributed by atoms with Gasteiger partial charge in [-0.15, -0.1) is 0 Å². The zero-order valence-corrected chi connectivity index (χ0v) is 13.9. The van der Waals surface area contributed by atoms with Gasteiger partial charge in [0.25, 0.3) is 5.91 Å². The van der Waals surface area contributed by atoms with E-state index in [1.165, 1.54) is 0 Å². The van der Waals surface area contributed by atoms with E-state index in [1.807, 2.05) is 44.2 Å².